The number of hydrogen-bond donors (Lipinski definition) is 4. The third-order valence-electron chi connectivity index (χ3n) is 2.61. The summed E-state index contributed by atoms with van der Waals surface area (Å²) in [5, 5.41) is 22.2. The summed E-state index contributed by atoms with van der Waals surface area (Å²) < 4.78 is 0. The zero-order valence-corrected chi connectivity index (χ0v) is 9.61. The molecule has 0 aliphatic heterocycles. The summed E-state index contributed by atoms with van der Waals surface area (Å²) in [5.74, 6) is -1.35. The second kappa shape index (κ2) is 6.90. The van der Waals surface area contributed by atoms with Gasteiger partial charge in [0.15, 0.2) is 6.10 Å². The van der Waals surface area contributed by atoms with Crippen molar-refractivity contribution in [2.45, 2.75) is 31.8 Å². The fraction of sp³-hybridized carbons (Fsp3) is 0.636. The molecule has 96 valence electrons. The van der Waals surface area contributed by atoms with Crippen molar-refractivity contribution in [1.82, 2.24) is 10.6 Å². The Bertz CT molecular complexity index is 315. The Morgan fingerprint density at radius 1 is 1.41 bits per heavy atom. The Balaban J connectivity index is 2.06. The summed E-state index contributed by atoms with van der Waals surface area (Å²) in [6.07, 6.45) is 4.86. The van der Waals surface area contributed by atoms with Crippen molar-refractivity contribution in [3.63, 3.8) is 0 Å². The number of carbonyl (C=O) groups excluding carboxylic acids is 1. The number of aliphatic hydroxyl groups excluding tert-OH is 1. The number of aliphatic carboxylic acids is 1. The highest BCUT2D eigenvalue weighted by molar-refractivity contribution is 5.76. The van der Waals surface area contributed by atoms with Gasteiger partial charge in [-0.3, -0.25) is 0 Å². The summed E-state index contributed by atoms with van der Waals surface area (Å²) in [4.78, 5) is 21.5. The highest BCUT2D eigenvalue weighted by atomic mass is 16.4. The number of hydrogen-bond acceptors (Lipinski definition) is 3. The first-order chi connectivity index (χ1) is 8.09. The highest BCUT2D eigenvalue weighted by Gasteiger charge is 2.13. The SMILES string of the molecule is O=C(NCCC1=CCCC1)NCC(O)C(=O)O. The molecule has 0 fully saturated rings. The third kappa shape index (κ3) is 5.35. The molecule has 0 bridgehead atoms. The maximum absolute atomic E-state index is 11.2. The van der Waals surface area contributed by atoms with Gasteiger partial charge in [-0.25, -0.2) is 9.59 Å². The predicted octanol–water partition coefficient (Wildman–Crippen LogP) is 0.231. The Labute approximate surface area is 99.7 Å². The van der Waals surface area contributed by atoms with Crippen LogP contribution in [0, 0.1) is 0 Å². The van der Waals surface area contributed by atoms with E-state index in [9.17, 15) is 9.59 Å². The smallest absolute Gasteiger partial charge is 0.334 e. The molecule has 0 saturated carbocycles. The summed E-state index contributed by atoms with van der Waals surface area (Å²) in [7, 11) is 0. The number of allylic oxidation sites excluding steroid dienone is 1. The molecule has 1 atom stereocenters. The second-order valence-corrected chi connectivity index (χ2v) is 4.00. The van der Waals surface area contributed by atoms with E-state index in [1.165, 1.54) is 12.0 Å². The maximum atomic E-state index is 11.2. The number of aliphatic hydroxyl groups is 1. The normalized spacial score (nSPS) is 16.2. The molecule has 1 aliphatic rings. The first kappa shape index (κ1) is 13.5. The van der Waals surface area contributed by atoms with E-state index in [0.29, 0.717) is 6.54 Å². The van der Waals surface area contributed by atoms with Crippen LogP contribution < -0.4 is 10.6 Å². The van der Waals surface area contributed by atoms with Gasteiger partial charge in [0.2, 0.25) is 0 Å². The van der Waals surface area contributed by atoms with Crippen LogP contribution in [0.4, 0.5) is 4.79 Å². The fourth-order valence-electron chi connectivity index (χ4n) is 1.64. The fourth-order valence-corrected chi connectivity index (χ4v) is 1.64. The van der Waals surface area contributed by atoms with Gasteiger partial charge in [-0.15, -0.1) is 0 Å². The average molecular weight is 242 g/mol. The van der Waals surface area contributed by atoms with E-state index in [1.54, 1.807) is 0 Å². The highest BCUT2D eigenvalue weighted by Crippen LogP contribution is 2.19. The molecule has 1 unspecified atom stereocenters. The molecule has 4 N–H and O–H groups in total. The molecule has 0 heterocycles. The van der Waals surface area contributed by atoms with Crippen LogP contribution in [0.3, 0.4) is 0 Å². The molecule has 2 amide bonds. The van der Waals surface area contributed by atoms with E-state index in [-0.39, 0.29) is 6.54 Å². The monoisotopic (exact) mass is 242 g/mol. The van der Waals surface area contributed by atoms with Gasteiger partial charge in [0.1, 0.15) is 0 Å². The Morgan fingerprint density at radius 3 is 2.76 bits per heavy atom. The lowest BCUT2D eigenvalue weighted by atomic mass is 10.2. The summed E-state index contributed by atoms with van der Waals surface area (Å²) in [6.45, 7) is 0.241. The van der Waals surface area contributed by atoms with Gasteiger partial charge in [-0.05, 0) is 25.7 Å². The third-order valence-corrected chi connectivity index (χ3v) is 2.61. The number of nitrogens with one attached hydrogen (secondary N) is 2. The molecule has 1 rings (SSSR count). The van der Waals surface area contributed by atoms with E-state index >= 15 is 0 Å². The average Bonchev–Trinajstić information content (AvgIpc) is 2.78. The van der Waals surface area contributed by atoms with Crippen molar-refractivity contribution in [1.29, 1.82) is 0 Å². The van der Waals surface area contributed by atoms with Crippen LogP contribution >= 0.6 is 0 Å². The summed E-state index contributed by atoms with van der Waals surface area (Å²) in [5.41, 5.74) is 1.36. The predicted molar refractivity (Wildman–Crippen MR) is 61.6 cm³/mol. The van der Waals surface area contributed by atoms with E-state index in [0.717, 1.165) is 19.3 Å². The summed E-state index contributed by atoms with van der Waals surface area (Å²) in [6, 6.07) is -0.455. The molecule has 0 aromatic heterocycles. The van der Waals surface area contributed by atoms with E-state index in [4.69, 9.17) is 10.2 Å². The van der Waals surface area contributed by atoms with Crippen molar-refractivity contribution in [2.24, 2.45) is 0 Å². The lowest BCUT2D eigenvalue weighted by molar-refractivity contribution is -0.146. The van der Waals surface area contributed by atoms with Crippen molar-refractivity contribution < 1.29 is 19.8 Å². The van der Waals surface area contributed by atoms with Gasteiger partial charge in [0.25, 0.3) is 0 Å². The van der Waals surface area contributed by atoms with Gasteiger partial charge in [0.05, 0.1) is 6.54 Å². The lowest BCUT2D eigenvalue weighted by Crippen LogP contribution is -2.42. The Morgan fingerprint density at radius 2 is 2.18 bits per heavy atom. The van der Waals surface area contributed by atoms with Crippen LogP contribution in [0.25, 0.3) is 0 Å². The second-order valence-electron chi connectivity index (χ2n) is 4.00. The Hall–Kier alpha value is -1.56. The molecule has 0 spiro atoms. The van der Waals surface area contributed by atoms with E-state index < -0.39 is 18.1 Å². The molecular weight excluding hydrogens is 224 g/mol. The van der Waals surface area contributed by atoms with Crippen LogP contribution in [0.2, 0.25) is 0 Å². The molecule has 6 heteroatoms. The first-order valence-corrected chi connectivity index (χ1v) is 5.70. The number of urea groups is 1. The number of carboxylic acids is 1. The first-order valence-electron chi connectivity index (χ1n) is 5.70. The summed E-state index contributed by atoms with van der Waals surface area (Å²) >= 11 is 0. The lowest BCUT2D eigenvalue weighted by Gasteiger charge is -2.09. The quantitative estimate of drug-likeness (QED) is 0.501. The topological polar surface area (TPSA) is 98.7 Å². The van der Waals surface area contributed by atoms with Crippen LogP contribution in [0.5, 0.6) is 0 Å². The number of amides is 2. The number of carboxylic acid groups (broad SMARTS) is 1. The molecule has 17 heavy (non-hydrogen) atoms. The molecule has 0 saturated heterocycles. The Kier molecular flexibility index (Phi) is 5.48. The van der Waals surface area contributed by atoms with Crippen molar-refractivity contribution in [3.8, 4) is 0 Å². The number of rotatable bonds is 6. The minimum atomic E-state index is -1.56. The van der Waals surface area contributed by atoms with E-state index in [2.05, 4.69) is 16.7 Å². The van der Waals surface area contributed by atoms with E-state index in [1.807, 2.05) is 0 Å². The molecule has 1 aliphatic carbocycles. The van der Waals surface area contributed by atoms with Gasteiger partial charge >= 0.3 is 12.0 Å². The van der Waals surface area contributed by atoms with Crippen LogP contribution in [0.1, 0.15) is 25.7 Å². The molecule has 6 nitrogen and oxygen atoms in total. The number of carbonyl (C=O) groups is 2. The zero-order valence-electron chi connectivity index (χ0n) is 9.61. The largest absolute Gasteiger partial charge is 0.479 e. The molecule has 0 radical (unpaired) electrons. The molecular formula is C11H18N2O4. The van der Waals surface area contributed by atoms with Crippen molar-refractivity contribution in [3.05, 3.63) is 11.6 Å². The molecule has 0 aromatic rings. The van der Waals surface area contributed by atoms with Gasteiger partial charge in [-0.1, -0.05) is 11.6 Å². The van der Waals surface area contributed by atoms with Crippen molar-refractivity contribution >= 4 is 12.0 Å². The minimum absolute atomic E-state index is 0.288. The standard InChI is InChI=1S/C11H18N2O4/c14-9(10(15)16)7-13-11(17)12-6-5-8-3-1-2-4-8/h3,9,14H,1-2,4-7H2,(H,15,16)(H2,12,13,17). The zero-order chi connectivity index (χ0) is 12.7. The van der Waals surface area contributed by atoms with Gasteiger partial charge in [0, 0.05) is 6.54 Å². The van der Waals surface area contributed by atoms with Crippen LogP contribution in [-0.2, 0) is 4.79 Å². The maximum Gasteiger partial charge on any atom is 0.334 e. The minimum Gasteiger partial charge on any atom is -0.479 e. The van der Waals surface area contributed by atoms with Crippen LogP contribution in [0.15, 0.2) is 11.6 Å². The van der Waals surface area contributed by atoms with Gasteiger partial charge < -0.3 is 20.8 Å². The van der Waals surface area contributed by atoms with Crippen molar-refractivity contribution in [2.75, 3.05) is 13.1 Å². The van der Waals surface area contributed by atoms with Crippen LogP contribution in [-0.4, -0.2) is 41.4 Å². The van der Waals surface area contributed by atoms with Gasteiger partial charge in [-0.2, -0.15) is 0 Å². The molecule has 0 aromatic carbocycles.